The summed E-state index contributed by atoms with van der Waals surface area (Å²) in [6, 6.07) is 0. The molecule has 194 valence electrons. The molecule has 3 rings (SSSR count). The van der Waals surface area contributed by atoms with Crippen molar-refractivity contribution in [2.24, 2.45) is 35.0 Å². The fourth-order valence-corrected chi connectivity index (χ4v) is 6.25. The minimum Gasteiger partial charge on any atom is 1.00 e. The summed E-state index contributed by atoms with van der Waals surface area (Å²) < 4.78 is 34.4. The third-order valence-electron chi connectivity index (χ3n) is 8.63. The molecule has 3 aliphatic rings. The van der Waals surface area contributed by atoms with Crippen molar-refractivity contribution >= 4 is 14.5 Å². The number of hydrogen-bond acceptors (Lipinski definition) is 5. The van der Waals surface area contributed by atoms with E-state index < -0.39 is 14.5 Å². The van der Waals surface area contributed by atoms with Crippen molar-refractivity contribution in [1.29, 1.82) is 0 Å². The van der Waals surface area contributed by atoms with Crippen LogP contribution in [0.2, 0.25) is 0 Å². The second kappa shape index (κ2) is 18.6. The number of aliphatic hydroxyl groups is 1. The van der Waals surface area contributed by atoms with Crippen molar-refractivity contribution in [3.05, 3.63) is 47.6 Å². The average molecular weight is 605 g/mol. The van der Waals surface area contributed by atoms with Crippen LogP contribution in [0.3, 0.4) is 0 Å². The predicted molar refractivity (Wildman–Crippen MR) is 132 cm³/mol. The summed E-state index contributed by atoms with van der Waals surface area (Å²) in [5, 5.41) is 10.0. The van der Waals surface area contributed by atoms with E-state index in [1.807, 2.05) is 0 Å². The Morgan fingerprint density at radius 3 is 2.16 bits per heavy atom. The molecule has 0 amide bonds. The Kier molecular flexibility index (Phi) is 20.8. The molecule has 0 unspecified atom stereocenters. The van der Waals surface area contributed by atoms with E-state index in [2.05, 4.69) is 65.5 Å². The van der Waals surface area contributed by atoms with Gasteiger partial charge in [0, 0.05) is 0 Å². The van der Waals surface area contributed by atoms with Crippen LogP contribution in [0.1, 0.15) is 86.0 Å². The van der Waals surface area contributed by atoms with Crippen LogP contribution in [0.5, 0.6) is 0 Å². The predicted octanol–water partition coefficient (Wildman–Crippen LogP) is -5.41. The summed E-state index contributed by atoms with van der Waals surface area (Å²) in [6.45, 7) is 16.3. The Labute approximate surface area is 295 Å². The molecule has 0 aliphatic heterocycles. The largest absolute Gasteiger partial charge is 1.00 e. The van der Waals surface area contributed by atoms with E-state index in [9.17, 15) is 5.11 Å². The van der Waals surface area contributed by atoms with Gasteiger partial charge in [0.25, 0.3) is 0 Å². The number of fused-ring (bicyclic) bond motifs is 1. The summed E-state index contributed by atoms with van der Waals surface area (Å²) in [5.41, 5.74) is 4.61. The quantitative estimate of drug-likeness (QED) is 0.249. The van der Waals surface area contributed by atoms with Crippen LogP contribution in [0.15, 0.2) is 47.6 Å². The first-order valence-corrected chi connectivity index (χ1v) is 16.0. The van der Waals surface area contributed by atoms with E-state index >= 15 is 0 Å². The fourth-order valence-electron chi connectivity index (χ4n) is 6.25. The molecule has 0 bridgehead atoms. The zero-order valence-corrected chi connectivity index (χ0v) is 32.5. The zero-order chi connectivity index (χ0) is 25.7. The summed E-state index contributed by atoms with van der Waals surface area (Å²) in [4.78, 5) is 0. The van der Waals surface area contributed by atoms with Crippen LogP contribution in [0.4, 0.5) is 0 Å². The van der Waals surface area contributed by atoms with E-state index in [1.54, 1.807) is 5.57 Å². The molecule has 3 fully saturated rings. The molecule has 0 aromatic heterocycles. The molecule has 5 nitrogen and oxygen atoms in total. The molecule has 9 heteroatoms. The van der Waals surface area contributed by atoms with E-state index in [-0.39, 0.29) is 94.8 Å². The van der Waals surface area contributed by atoms with E-state index in [0.717, 1.165) is 37.0 Å². The fraction of sp³-hybridized carbons (Fsp3) is 0.714. The van der Waals surface area contributed by atoms with Crippen LogP contribution < -0.4 is 101 Å². The van der Waals surface area contributed by atoms with Gasteiger partial charge in [0.05, 0.1) is 6.10 Å². The molecule has 3 saturated carbocycles. The van der Waals surface area contributed by atoms with Crippen LogP contribution >= 0.6 is 0 Å². The number of allylic oxidation sites excluding steroid dienone is 6. The van der Waals surface area contributed by atoms with Gasteiger partial charge in [0.2, 0.25) is 0 Å². The molecular formula is C28H44AsNa3O5. The number of aliphatic hydroxyl groups excluding tert-OH is 1. The van der Waals surface area contributed by atoms with Gasteiger partial charge in [-0.3, -0.25) is 0 Å². The molecule has 0 saturated heterocycles. The molecule has 0 aromatic rings. The monoisotopic (exact) mass is 604 g/mol. The molecule has 37 heavy (non-hydrogen) atoms. The van der Waals surface area contributed by atoms with Crippen molar-refractivity contribution < 1.29 is 110 Å². The topological polar surface area (TPSA) is 106 Å². The maximum Gasteiger partial charge on any atom is 1.00 e. The van der Waals surface area contributed by atoms with E-state index in [4.69, 9.17) is 16.0 Å². The van der Waals surface area contributed by atoms with Gasteiger partial charge in [-0.25, -0.2) is 0 Å². The average Bonchev–Trinajstić information content (AvgIpc) is 3.08. The standard InChI is InChI=1S/C28H44O.AsH3O4.3Na/c1-19(2)20(3)9-10-22(5)26-15-16-27-23(8-7-17-28(26,27)6)12-13-24-18-25(29)14-11-21(24)4;2-1(3,4)5;;;/h9-10,12-13,19-20,22,25-27,29H,4,7-8,11,14-18H2,1-3,5-6H3;(H3,2,3,4,5);;;/q;;3*+1/p-3/b10-9+,23-12+,24-13-;;;;/t20-,22+,25+,26+,27-,28+;;;;/m0..../s1. The molecule has 1 N–H and O–H groups in total. The van der Waals surface area contributed by atoms with Gasteiger partial charge in [0.15, 0.2) is 0 Å². The number of hydrogen-bond donors (Lipinski definition) is 1. The summed E-state index contributed by atoms with van der Waals surface area (Å²) in [5.74, 6) is 3.58. The summed E-state index contributed by atoms with van der Waals surface area (Å²) in [7, 11) is 0. The Bertz CT molecular complexity index is 842. The van der Waals surface area contributed by atoms with Gasteiger partial charge in [-0.1, -0.05) is 76.6 Å². The zero-order valence-electron chi connectivity index (χ0n) is 24.7. The van der Waals surface area contributed by atoms with Gasteiger partial charge < -0.3 is 5.11 Å². The molecule has 0 spiro atoms. The van der Waals surface area contributed by atoms with Crippen LogP contribution in [0, 0.1) is 35.0 Å². The van der Waals surface area contributed by atoms with Crippen LogP contribution in [-0.2, 0) is 3.74 Å². The van der Waals surface area contributed by atoms with Crippen molar-refractivity contribution in [3.8, 4) is 0 Å². The Hall–Kier alpha value is 2.16. The third kappa shape index (κ3) is 13.3. The van der Waals surface area contributed by atoms with Crippen LogP contribution in [0.25, 0.3) is 0 Å². The third-order valence-corrected chi connectivity index (χ3v) is 8.63. The Morgan fingerprint density at radius 2 is 1.59 bits per heavy atom. The first kappa shape index (κ1) is 41.3. The van der Waals surface area contributed by atoms with Crippen molar-refractivity contribution in [2.45, 2.75) is 92.1 Å². The molecule has 0 heterocycles. The first-order valence-electron chi connectivity index (χ1n) is 12.9. The molecular weight excluding hydrogens is 560 g/mol. The van der Waals surface area contributed by atoms with E-state index in [0.29, 0.717) is 17.3 Å². The van der Waals surface area contributed by atoms with E-state index in [1.165, 1.54) is 43.3 Å². The van der Waals surface area contributed by atoms with Gasteiger partial charge in [0.1, 0.15) is 0 Å². The second-order valence-corrected chi connectivity index (χ2v) is 13.2. The SMILES string of the molecule is C=C1CC[C@@H](O)C/C1=C/C=C1\CCC[C@]2(C)[C@@H]([C@H](C)/C=C/[C@H](C)C(C)C)CC[C@@H]12.O=[As]([O-])([O-])[O-].[Na+].[Na+].[Na+]. The second-order valence-electron chi connectivity index (χ2n) is 11.3. The van der Waals surface area contributed by atoms with Gasteiger partial charge in [-0.05, 0) is 91.9 Å². The van der Waals surface area contributed by atoms with Gasteiger partial charge in [-0.2, -0.15) is 0 Å². The molecule has 0 aromatic carbocycles. The molecule has 0 radical (unpaired) electrons. The number of rotatable bonds is 5. The smallest absolute Gasteiger partial charge is 1.00 e. The summed E-state index contributed by atoms with van der Waals surface area (Å²) in [6.07, 6.45) is 18.8. The minimum absolute atomic E-state index is 0. The van der Waals surface area contributed by atoms with Crippen LogP contribution in [-0.4, -0.2) is 25.7 Å². The molecule has 6 atom stereocenters. The van der Waals surface area contributed by atoms with Crippen molar-refractivity contribution in [3.63, 3.8) is 0 Å². The maximum absolute atomic E-state index is 10.0. The normalized spacial score (nSPS) is 31.5. The van der Waals surface area contributed by atoms with Gasteiger partial charge >= 0.3 is 119 Å². The van der Waals surface area contributed by atoms with Crippen molar-refractivity contribution in [2.75, 3.05) is 0 Å². The first-order chi connectivity index (χ1) is 15.7. The van der Waals surface area contributed by atoms with Gasteiger partial charge in [-0.15, -0.1) is 0 Å². The minimum atomic E-state index is -5.88. The molecule has 3 aliphatic carbocycles. The van der Waals surface area contributed by atoms with Crippen molar-refractivity contribution in [1.82, 2.24) is 0 Å². The Balaban J connectivity index is 0. The maximum atomic E-state index is 10.0. The Morgan fingerprint density at radius 1 is 1.00 bits per heavy atom. The summed E-state index contributed by atoms with van der Waals surface area (Å²) >= 11 is -5.88.